The van der Waals surface area contributed by atoms with Gasteiger partial charge < -0.3 is 14.8 Å². The fourth-order valence-corrected chi connectivity index (χ4v) is 3.77. The minimum atomic E-state index is -0.576. The smallest absolute Gasteiger partial charge is 0.314 e. The Morgan fingerprint density at radius 1 is 1.17 bits per heavy atom. The Hall–Kier alpha value is -2.64. The molecular weight excluding hydrogens is 416 g/mol. The number of carbonyl (C=O) groups excluding carboxylic acids is 1. The molecule has 0 bridgehead atoms. The summed E-state index contributed by atoms with van der Waals surface area (Å²) in [5, 5.41) is 11.9. The number of carbonyl (C=O) groups is 1. The highest BCUT2D eigenvalue weighted by Crippen LogP contribution is 2.32. The summed E-state index contributed by atoms with van der Waals surface area (Å²) in [7, 11) is 0. The number of rotatable bonds is 4. The molecule has 29 heavy (non-hydrogen) atoms. The van der Waals surface area contributed by atoms with Crippen LogP contribution in [0.5, 0.6) is 0 Å². The molecule has 1 aliphatic heterocycles. The zero-order chi connectivity index (χ0) is 20.4. The Morgan fingerprint density at radius 3 is 2.69 bits per heavy atom. The van der Waals surface area contributed by atoms with Gasteiger partial charge in [-0.2, -0.15) is 0 Å². The van der Waals surface area contributed by atoms with Crippen LogP contribution in [-0.4, -0.2) is 32.2 Å². The standard InChI is InChI=1S/C20H18Cl2FN5O/c21-14-5-3-13(4-6-14)11-27-12-24-26-19(27)18-2-1-9-28(18)20(29)25-17-8-7-15(22)10-16(17)23/h3-8,10,12,18H,1-2,9,11H2,(H,25,29)/t18-/m1/s1. The number of halogens is 3. The first kappa shape index (κ1) is 19.7. The van der Waals surface area contributed by atoms with E-state index in [4.69, 9.17) is 23.2 Å². The van der Waals surface area contributed by atoms with Crippen molar-refractivity contribution in [1.29, 1.82) is 0 Å². The number of amides is 2. The van der Waals surface area contributed by atoms with Crippen LogP contribution in [0.3, 0.4) is 0 Å². The van der Waals surface area contributed by atoms with E-state index in [2.05, 4.69) is 15.5 Å². The number of hydrogen-bond donors (Lipinski definition) is 1. The second-order valence-corrected chi connectivity index (χ2v) is 7.72. The van der Waals surface area contributed by atoms with E-state index in [0.717, 1.165) is 18.4 Å². The van der Waals surface area contributed by atoms with Crippen LogP contribution in [0.25, 0.3) is 0 Å². The molecule has 0 saturated carbocycles. The molecule has 2 aromatic carbocycles. The maximum Gasteiger partial charge on any atom is 0.322 e. The maximum absolute atomic E-state index is 14.0. The third-order valence-electron chi connectivity index (χ3n) is 4.90. The molecule has 1 aromatic heterocycles. The third-order valence-corrected chi connectivity index (χ3v) is 5.38. The van der Waals surface area contributed by atoms with Gasteiger partial charge in [0.15, 0.2) is 5.82 Å². The third kappa shape index (κ3) is 4.36. The predicted molar refractivity (Wildman–Crippen MR) is 110 cm³/mol. The average Bonchev–Trinajstić information content (AvgIpc) is 3.34. The van der Waals surface area contributed by atoms with Gasteiger partial charge in [0, 0.05) is 16.6 Å². The second-order valence-electron chi connectivity index (χ2n) is 6.85. The summed E-state index contributed by atoms with van der Waals surface area (Å²) in [6.45, 7) is 1.12. The van der Waals surface area contributed by atoms with E-state index in [9.17, 15) is 9.18 Å². The van der Waals surface area contributed by atoms with Crippen molar-refractivity contribution in [3.63, 3.8) is 0 Å². The lowest BCUT2D eigenvalue weighted by atomic mass is 10.2. The van der Waals surface area contributed by atoms with Gasteiger partial charge in [0.1, 0.15) is 12.1 Å². The van der Waals surface area contributed by atoms with Gasteiger partial charge in [0.2, 0.25) is 0 Å². The number of urea groups is 1. The topological polar surface area (TPSA) is 63.1 Å². The molecule has 2 amide bonds. The molecule has 0 aliphatic carbocycles. The van der Waals surface area contributed by atoms with Crippen molar-refractivity contribution in [2.75, 3.05) is 11.9 Å². The number of anilines is 1. The summed E-state index contributed by atoms with van der Waals surface area (Å²) in [6.07, 6.45) is 3.24. The summed E-state index contributed by atoms with van der Waals surface area (Å²) in [4.78, 5) is 14.5. The molecule has 6 nitrogen and oxygen atoms in total. The van der Waals surface area contributed by atoms with Crippen LogP contribution >= 0.6 is 23.2 Å². The Kier molecular flexibility index (Phi) is 5.69. The van der Waals surface area contributed by atoms with E-state index < -0.39 is 5.82 Å². The summed E-state index contributed by atoms with van der Waals surface area (Å²) in [6, 6.07) is 11.1. The molecule has 1 fully saturated rings. The lowest BCUT2D eigenvalue weighted by molar-refractivity contribution is 0.203. The number of aromatic nitrogens is 3. The van der Waals surface area contributed by atoms with Gasteiger partial charge in [-0.15, -0.1) is 10.2 Å². The highest BCUT2D eigenvalue weighted by atomic mass is 35.5. The van der Waals surface area contributed by atoms with Crippen molar-refractivity contribution in [3.05, 3.63) is 76.0 Å². The van der Waals surface area contributed by atoms with Crippen LogP contribution in [0, 0.1) is 5.82 Å². The zero-order valence-corrected chi connectivity index (χ0v) is 16.9. The minimum Gasteiger partial charge on any atom is -0.314 e. The molecule has 4 rings (SSSR count). The number of nitrogens with one attached hydrogen (secondary N) is 1. The molecule has 9 heteroatoms. The molecule has 1 saturated heterocycles. The largest absolute Gasteiger partial charge is 0.322 e. The van der Waals surface area contributed by atoms with Gasteiger partial charge in [-0.25, -0.2) is 9.18 Å². The van der Waals surface area contributed by atoms with E-state index in [-0.39, 0.29) is 22.8 Å². The van der Waals surface area contributed by atoms with Gasteiger partial charge in [-0.05, 0) is 48.7 Å². The maximum atomic E-state index is 14.0. The van der Waals surface area contributed by atoms with E-state index in [1.807, 2.05) is 28.8 Å². The van der Waals surface area contributed by atoms with Crippen LogP contribution in [0.15, 0.2) is 48.8 Å². The molecule has 2 heterocycles. The van der Waals surface area contributed by atoms with Gasteiger partial charge in [-0.1, -0.05) is 35.3 Å². The fourth-order valence-electron chi connectivity index (χ4n) is 3.49. The zero-order valence-electron chi connectivity index (χ0n) is 15.4. The van der Waals surface area contributed by atoms with Crippen LogP contribution in [0.2, 0.25) is 10.0 Å². The van der Waals surface area contributed by atoms with Crippen molar-refractivity contribution < 1.29 is 9.18 Å². The highest BCUT2D eigenvalue weighted by Gasteiger charge is 2.33. The molecule has 3 aromatic rings. The van der Waals surface area contributed by atoms with Crippen LogP contribution in [0.1, 0.15) is 30.3 Å². The van der Waals surface area contributed by atoms with Crippen molar-refractivity contribution in [2.24, 2.45) is 0 Å². The Morgan fingerprint density at radius 2 is 1.93 bits per heavy atom. The molecule has 1 aliphatic rings. The summed E-state index contributed by atoms with van der Waals surface area (Å²) < 4.78 is 16.0. The Balaban J connectivity index is 1.52. The number of nitrogens with zero attached hydrogens (tertiary/aromatic N) is 4. The lowest BCUT2D eigenvalue weighted by Crippen LogP contribution is -2.35. The van der Waals surface area contributed by atoms with Crippen LogP contribution in [-0.2, 0) is 6.54 Å². The van der Waals surface area contributed by atoms with Crippen molar-refractivity contribution in [1.82, 2.24) is 19.7 Å². The second kappa shape index (κ2) is 8.39. The Labute approximate surface area is 177 Å². The highest BCUT2D eigenvalue weighted by molar-refractivity contribution is 6.30. The van der Waals surface area contributed by atoms with Gasteiger partial charge in [0.25, 0.3) is 0 Å². The monoisotopic (exact) mass is 433 g/mol. The molecule has 0 radical (unpaired) electrons. The van der Waals surface area contributed by atoms with Gasteiger partial charge >= 0.3 is 6.03 Å². The first-order chi connectivity index (χ1) is 14.0. The number of hydrogen-bond acceptors (Lipinski definition) is 3. The van der Waals surface area contributed by atoms with Gasteiger partial charge in [0.05, 0.1) is 18.3 Å². The Bertz CT molecular complexity index is 1020. The number of benzene rings is 2. The molecule has 0 unspecified atom stereocenters. The quantitative estimate of drug-likeness (QED) is 0.619. The van der Waals surface area contributed by atoms with Crippen LogP contribution < -0.4 is 5.32 Å². The van der Waals surface area contributed by atoms with Gasteiger partial charge in [-0.3, -0.25) is 0 Å². The summed E-state index contributed by atoms with van der Waals surface area (Å²) in [5.41, 5.74) is 1.14. The van der Waals surface area contributed by atoms with Crippen molar-refractivity contribution in [2.45, 2.75) is 25.4 Å². The molecule has 0 spiro atoms. The summed E-state index contributed by atoms with van der Waals surface area (Å²) in [5.74, 6) is 0.122. The van der Waals surface area contributed by atoms with E-state index in [0.29, 0.717) is 23.9 Å². The first-order valence-corrected chi connectivity index (χ1v) is 9.91. The lowest BCUT2D eigenvalue weighted by Gasteiger charge is -2.25. The molecule has 150 valence electrons. The van der Waals surface area contributed by atoms with E-state index >= 15 is 0 Å². The fraction of sp³-hybridized carbons (Fsp3) is 0.250. The number of likely N-dealkylation sites (tertiary alicyclic amines) is 1. The summed E-state index contributed by atoms with van der Waals surface area (Å²) >= 11 is 11.7. The van der Waals surface area contributed by atoms with E-state index in [1.165, 1.54) is 18.2 Å². The molecule has 1 N–H and O–H groups in total. The van der Waals surface area contributed by atoms with Crippen molar-refractivity contribution in [3.8, 4) is 0 Å². The van der Waals surface area contributed by atoms with Crippen LogP contribution in [0.4, 0.5) is 14.9 Å². The SMILES string of the molecule is O=C(Nc1ccc(Cl)cc1F)N1CCC[C@@H]1c1nncn1Cc1ccc(Cl)cc1. The first-order valence-electron chi connectivity index (χ1n) is 9.16. The van der Waals surface area contributed by atoms with Crippen molar-refractivity contribution >= 4 is 34.9 Å². The minimum absolute atomic E-state index is 0.0904. The normalized spacial score (nSPS) is 16.2. The molecular formula is C20H18Cl2FN5O. The van der Waals surface area contributed by atoms with E-state index in [1.54, 1.807) is 11.2 Å². The molecule has 1 atom stereocenters. The average molecular weight is 434 g/mol. The predicted octanol–water partition coefficient (Wildman–Crippen LogP) is 5.14.